The van der Waals surface area contributed by atoms with Crippen LogP contribution in [0.15, 0.2) is 170 Å². The highest BCUT2D eigenvalue weighted by molar-refractivity contribution is 7.00. The molecular weight excluding hydrogens is 894 g/mol. The van der Waals surface area contributed by atoms with Crippen LogP contribution in [0.1, 0.15) is 143 Å². The number of nitrogens with zero attached hydrogens (tertiary/aromatic N) is 3. The van der Waals surface area contributed by atoms with Crippen LogP contribution in [0.25, 0.3) is 11.1 Å². The van der Waals surface area contributed by atoms with Crippen LogP contribution in [0.5, 0.6) is 0 Å². The minimum absolute atomic E-state index is 0.00409. The van der Waals surface area contributed by atoms with Gasteiger partial charge in [0.25, 0.3) is 6.71 Å². The lowest BCUT2D eigenvalue weighted by atomic mass is 9.33. The van der Waals surface area contributed by atoms with Crippen LogP contribution < -0.4 is 31.1 Å². The first kappa shape index (κ1) is 48.2. The van der Waals surface area contributed by atoms with E-state index in [2.05, 4.69) is 281 Å². The Hall–Kier alpha value is -6.78. The molecule has 2 aliphatic carbocycles. The third-order valence-electron chi connectivity index (χ3n) is 17.5. The van der Waals surface area contributed by atoms with Gasteiger partial charge in [-0.2, -0.15) is 0 Å². The summed E-state index contributed by atoms with van der Waals surface area (Å²) in [5.74, 6) is 0. The average Bonchev–Trinajstić information content (AvgIpc) is 3.71. The highest BCUT2D eigenvalue weighted by Crippen LogP contribution is 2.56. The first-order valence-electron chi connectivity index (χ1n) is 27.3. The second-order valence-electron chi connectivity index (χ2n) is 27.0. The fraction of sp³-hybridized carbons (Fsp3) is 0.314. The van der Waals surface area contributed by atoms with Crippen molar-refractivity contribution < 1.29 is 0 Å². The Bertz CT molecular complexity index is 3490. The number of anilines is 9. The second-order valence-corrected chi connectivity index (χ2v) is 27.0. The molecule has 0 saturated heterocycles. The number of para-hydroxylation sites is 2. The zero-order valence-electron chi connectivity index (χ0n) is 46.5. The normalized spacial score (nSPS) is 17.3. The first-order chi connectivity index (χ1) is 34.9. The average molecular weight is 968 g/mol. The molecule has 0 aromatic heterocycles. The largest absolute Gasteiger partial charge is 0.311 e. The van der Waals surface area contributed by atoms with Crippen molar-refractivity contribution in [2.75, 3.05) is 14.7 Å². The third-order valence-corrected chi connectivity index (χ3v) is 17.5. The quantitative estimate of drug-likeness (QED) is 0.154. The Balaban J connectivity index is 1.26. The summed E-state index contributed by atoms with van der Waals surface area (Å²) in [6.07, 6.45) is 2.21. The Labute approximate surface area is 443 Å². The summed E-state index contributed by atoms with van der Waals surface area (Å²) in [5, 5.41) is 0. The van der Waals surface area contributed by atoms with E-state index in [9.17, 15) is 0 Å². The Morgan fingerprint density at radius 3 is 1.46 bits per heavy atom. The van der Waals surface area contributed by atoms with Gasteiger partial charge in [-0.1, -0.05) is 194 Å². The molecule has 0 atom stereocenters. The molecule has 372 valence electrons. The summed E-state index contributed by atoms with van der Waals surface area (Å²) in [4.78, 5) is 7.84. The molecule has 0 amide bonds. The zero-order chi connectivity index (χ0) is 52.1. The van der Waals surface area contributed by atoms with E-state index < -0.39 is 0 Å². The smallest absolute Gasteiger partial charge is 0.252 e. The first-order valence-corrected chi connectivity index (χ1v) is 27.3. The van der Waals surface area contributed by atoms with Gasteiger partial charge in [0.1, 0.15) is 0 Å². The standard InChI is InChI=1S/C70H74BN3/c1-65(2,3)46-31-35-59(52(36-46)45-24-18-15-19-25-45)74-60-37-47(66(4,5)6)30-34-57(60)71-58-41-55-56(70(13,14)44-69(55,11)12)42-61(58)73(50-32-33-53-54(38-50)68(9,10)43-67(53,7)8)62-39-51(40-63(74)64(62)71)72(48-26-20-16-21-27-48)49-28-22-17-23-29-49/h15-42H,43-44H2,1-14H3. The van der Waals surface area contributed by atoms with Crippen molar-refractivity contribution in [2.45, 2.75) is 142 Å². The Morgan fingerprint density at radius 1 is 0.392 bits per heavy atom. The lowest BCUT2D eigenvalue weighted by Crippen LogP contribution is -2.61. The molecule has 0 radical (unpaired) electrons. The topological polar surface area (TPSA) is 9.72 Å². The van der Waals surface area contributed by atoms with Gasteiger partial charge >= 0.3 is 0 Å². The number of fused-ring (bicyclic) bond motifs is 6. The van der Waals surface area contributed by atoms with Gasteiger partial charge in [0.15, 0.2) is 0 Å². The van der Waals surface area contributed by atoms with Gasteiger partial charge in [-0.25, -0.2) is 0 Å². The lowest BCUT2D eigenvalue weighted by Gasteiger charge is -2.46. The van der Waals surface area contributed by atoms with E-state index in [1.165, 1.54) is 95.0 Å². The number of hydrogen-bond acceptors (Lipinski definition) is 3. The third kappa shape index (κ3) is 7.59. The van der Waals surface area contributed by atoms with E-state index in [0.717, 1.165) is 29.9 Å². The maximum absolute atomic E-state index is 2.69. The summed E-state index contributed by atoms with van der Waals surface area (Å²) in [6.45, 7) is 33.7. The number of hydrogen-bond donors (Lipinski definition) is 0. The van der Waals surface area contributed by atoms with E-state index in [1.807, 2.05) is 0 Å². The number of rotatable bonds is 6. The highest BCUT2D eigenvalue weighted by atomic mass is 15.2. The molecule has 0 unspecified atom stereocenters. The monoisotopic (exact) mass is 968 g/mol. The van der Waals surface area contributed by atoms with Crippen LogP contribution in [0, 0.1) is 0 Å². The molecule has 4 heteroatoms. The minimum Gasteiger partial charge on any atom is -0.311 e. The van der Waals surface area contributed by atoms with Gasteiger partial charge in [0.05, 0.1) is 11.4 Å². The molecule has 8 aromatic carbocycles. The summed E-state index contributed by atoms with van der Waals surface area (Å²) in [7, 11) is 0. The second kappa shape index (κ2) is 16.4. The van der Waals surface area contributed by atoms with E-state index >= 15 is 0 Å². The molecular formula is C70H74BN3. The van der Waals surface area contributed by atoms with E-state index in [4.69, 9.17) is 0 Å². The van der Waals surface area contributed by atoms with E-state index in [0.29, 0.717) is 0 Å². The molecule has 0 bridgehead atoms. The molecule has 2 heterocycles. The van der Waals surface area contributed by atoms with Crippen molar-refractivity contribution in [1.29, 1.82) is 0 Å². The molecule has 0 fully saturated rings. The molecule has 74 heavy (non-hydrogen) atoms. The molecule has 12 rings (SSSR count). The molecule has 3 nitrogen and oxygen atoms in total. The van der Waals surface area contributed by atoms with Crippen LogP contribution in [0.3, 0.4) is 0 Å². The van der Waals surface area contributed by atoms with E-state index in [1.54, 1.807) is 0 Å². The van der Waals surface area contributed by atoms with Gasteiger partial charge in [-0.15, -0.1) is 0 Å². The van der Waals surface area contributed by atoms with Crippen molar-refractivity contribution in [3.05, 3.63) is 203 Å². The maximum Gasteiger partial charge on any atom is 0.252 e. The summed E-state index contributed by atoms with van der Waals surface area (Å²) >= 11 is 0. The van der Waals surface area contributed by atoms with Crippen molar-refractivity contribution >= 4 is 74.3 Å². The van der Waals surface area contributed by atoms with Gasteiger partial charge in [0.2, 0.25) is 0 Å². The van der Waals surface area contributed by atoms with Crippen molar-refractivity contribution in [3.63, 3.8) is 0 Å². The Morgan fingerprint density at radius 2 is 0.878 bits per heavy atom. The fourth-order valence-electron chi connectivity index (χ4n) is 14.3. The van der Waals surface area contributed by atoms with Crippen LogP contribution in [0.2, 0.25) is 0 Å². The van der Waals surface area contributed by atoms with Gasteiger partial charge in [0, 0.05) is 45.4 Å². The Kier molecular flexibility index (Phi) is 10.7. The van der Waals surface area contributed by atoms with Crippen LogP contribution in [-0.4, -0.2) is 6.71 Å². The highest BCUT2D eigenvalue weighted by Gasteiger charge is 2.50. The summed E-state index contributed by atoms with van der Waals surface area (Å²) < 4.78 is 0. The van der Waals surface area contributed by atoms with Crippen molar-refractivity contribution in [2.24, 2.45) is 0 Å². The zero-order valence-corrected chi connectivity index (χ0v) is 46.5. The summed E-state index contributed by atoms with van der Waals surface area (Å²) in [5.41, 5.74) is 25.7. The van der Waals surface area contributed by atoms with Gasteiger partial charge in [-0.05, 0) is 173 Å². The maximum atomic E-state index is 2.69. The minimum atomic E-state index is -0.0859. The summed E-state index contributed by atoms with van der Waals surface area (Å²) in [6, 6.07) is 65.7. The lowest BCUT2D eigenvalue weighted by molar-refractivity contribution is 0.403. The van der Waals surface area contributed by atoms with Crippen LogP contribution in [0.4, 0.5) is 51.2 Å². The predicted octanol–water partition coefficient (Wildman–Crippen LogP) is 17.4. The number of benzene rings is 8. The predicted molar refractivity (Wildman–Crippen MR) is 319 cm³/mol. The molecule has 2 aliphatic heterocycles. The molecule has 0 saturated carbocycles. The molecule has 0 spiro atoms. The molecule has 0 N–H and O–H groups in total. The van der Waals surface area contributed by atoms with Crippen molar-refractivity contribution in [1.82, 2.24) is 0 Å². The molecule has 8 aromatic rings. The van der Waals surface area contributed by atoms with Crippen LogP contribution >= 0.6 is 0 Å². The van der Waals surface area contributed by atoms with Crippen molar-refractivity contribution in [3.8, 4) is 11.1 Å². The SMILES string of the molecule is CC(C)(C)c1ccc(N2c3cc(C(C)(C)C)ccc3B3c4cc5c(cc4N(c4ccc6c(c4)C(C)(C)CC6(C)C)c4cc(N(c6ccccc6)c6ccccc6)cc2c43)C(C)(C)CC5(C)C)c(-c2ccccc2)c1. The van der Waals surface area contributed by atoms with E-state index in [-0.39, 0.29) is 39.2 Å². The van der Waals surface area contributed by atoms with Crippen LogP contribution in [-0.2, 0) is 32.5 Å². The molecule has 4 aliphatic rings. The fourth-order valence-corrected chi connectivity index (χ4v) is 14.3. The van der Waals surface area contributed by atoms with Gasteiger partial charge in [-0.3, -0.25) is 0 Å². The van der Waals surface area contributed by atoms with Gasteiger partial charge < -0.3 is 14.7 Å².